The first-order valence-electron chi connectivity index (χ1n) is 4.82. The van der Waals surface area contributed by atoms with Crippen LogP contribution in [0.15, 0.2) is 36.6 Å². The lowest BCUT2D eigenvalue weighted by Crippen LogP contribution is -2.27. The van der Waals surface area contributed by atoms with Gasteiger partial charge in [-0.05, 0) is 27.1 Å². The van der Waals surface area contributed by atoms with Crippen molar-refractivity contribution >= 4 is 0 Å². The number of allylic oxidation sites excluding steroid dienone is 3. The van der Waals surface area contributed by atoms with Crippen molar-refractivity contribution in [2.75, 3.05) is 34.2 Å². The van der Waals surface area contributed by atoms with Gasteiger partial charge in [0.25, 0.3) is 0 Å². The van der Waals surface area contributed by atoms with Crippen molar-refractivity contribution in [1.29, 1.82) is 0 Å². The van der Waals surface area contributed by atoms with Crippen molar-refractivity contribution < 1.29 is 0 Å². The summed E-state index contributed by atoms with van der Waals surface area (Å²) < 4.78 is 0. The maximum atomic E-state index is 3.98. The van der Waals surface area contributed by atoms with E-state index < -0.39 is 0 Å². The van der Waals surface area contributed by atoms with Gasteiger partial charge in [0.1, 0.15) is 0 Å². The average molecular weight is 194 g/mol. The van der Waals surface area contributed by atoms with Gasteiger partial charge in [-0.25, -0.2) is 0 Å². The molecule has 0 radical (unpaired) electrons. The topological polar surface area (TPSA) is 6.48 Å². The van der Waals surface area contributed by atoms with Gasteiger partial charge >= 0.3 is 0 Å². The van der Waals surface area contributed by atoms with E-state index in [4.69, 9.17) is 0 Å². The Kier molecular flexibility index (Phi) is 5.97. The average Bonchev–Trinajstić information content (AvgIpc) is 2.09. The quantitative estimate of drug-likeness (QED) is 0.598. The molecule has 0 saturated carbocycles. The Labute approximate surface area is 88.2 Å². The molecule has 0 heterocycles. The molecule has 0 N–H and O–H groups in total. The molecule has 0 aliphatic heterocycles. The normalized spacial score (nSPS) is 10.9. The van der Waals surface area contributed by atoms with Crippen LogP contribution < -0.4 is 0 Å². The standard InChI is InChI=1S/C12H22N2/c1-11(2)7-8-12(3)14(6)10-9-13(4)5/h7-8H,1,3,9-10H2,2,4-6H3/b8-7-. The van der Waals surface area contributed by atoms with E-state index in [9.17, 15) is 0 Å². The van der Waals surface area contributed by atoms with Crippen LogP contribution in [0.2, 0.25) is 0 Å². The minimum Gasteiger partial charge on any atom is -0.374 e. The van der Waals surface area contributed by atoms with Gasteiger partial charge in [0, 0.05) is 25.8 Å². The van der Waals surface area contributed by atoms with Crippen LogP contribution >= 0.6 is 0 Å². The summed E-state index contributed by atoms with van der Waals surface area (Å²) in [5.74, 6) is 0. The zero-order valence-corrected chi connectivity index (χ0v) is 9.88. The number of nitrogens with zero attached hydrogens (tertiary/aromatic N) is 2. The largest absolute Gasteiger partial charge is 0.374 e. The minimum atomic E-state index is 0.992. The molecule has 0 aromatic rings. The second-order valence-corrected chi connectivity index (χ2v) is 3.90. The smallest absolute Gasteiger partial charge is 0.0302 e. The van der Waals surface area contributed by atoms with Crippen LogP contribution in [0.1, 0.15) is 6.92 Å². The molecule has 0 amide bonds. The van der Waals surface area contributed by atoms with Gasteiger partial charge in [-0.3, -0.25) is 0 Å². The zero-order chi connectivity index (χ0) is 11.1. The summed E-state index contributed by atoms with van der Waals surface area (Å²) in [6.07, 6.45) is 3.98. The Bertz CT molecular complexity index is 226. The molecule has 0 fully saturated rings. The minimum absolute atomic E-state index is 0.992. The second kappa shape index (κ2) is 6.44. The van der Waals surface area contributed by atoms with Crippen molar-refractivity contribution in [3.8, 4) is 0 Å². The lowest BCUT2D eigenvalue weighted by Gasteiger charge is -2.21. The number of likely N-dealkylation sites (N-methyl/N-ethyl adjacent to an activating group) is 2. The third kappa shape index (κ3) is 6.49. The predicted molar refractivity (Wildman–Crippen MR) is 64.3 cm³/mol. The maximum absolute atomic E-state index is 3.98. The molecule has 0 spiro atoms. The fourth-order valence-corrected chi connectivity index (χ4v) is 0.859. The van der Waals surface area contributed by atoms with Crippen LogP contribution in [0.25, 0.3) is 0 Å². The third-order valence-corrected chi connectivity index (χ3v) is 1.93. The van der Waals surface area contributed by atoms with E-state index in [-0.39, 0.29) is 0 Å². The summed E-state index contributed by atoms with van der Waals surface area (Å²) in [6.45, 7) is 11.8. The zero-order valence-electron chi connectivity index (χ0n) is 9.88. The highest BCUT2D eigenvalue weighted by atomic mass is 15.2. The number of rotatable bonds is 6. The molecule has 0 aliphatic carbocycles. The first-order valence-corrected chi connectivity index (χ1v) is 4.82. The molecule has 2 nitrogen and oxygen atoms in total. The summed E-state index contributed by atoms with van der Waals surface area (Å²) in [7, 11) is 6.19. The molecule has 0 rings (SSSR count). The summed E-state index contributed by atoms with van der Waals surface area (Å²) >= 11 is 0. The highest BCUT2D eigenvalue weighted by Gasteiger charge is 1.98. The van der Waals surface area contributed by atoms with E-state index in [1.54, 1.807) is 0 Å². The van der Waals surface area contributed by atoms with Crippen molar-refractivity contribution in [3.05, 3.63) is 36.6 Å². The van der Waals surface area contributed by atoms with Crippen molar-refractivity contribution in [3.63, 3.8) is 0 Å². The monoisotopic (exact) mass is 194 g/mol. The van der Waals surface area contributed by atoms with Crippen LogP contribution in [-0.4, -0.2) is 44.0 Å². The van der Waals surface area contributed by atoms with Gasteiger partial charge in [-0.15, -0.1) is 0 Å². The first kappa shape index (κ1) is 13.0. The number of hydrogen-bond acceptors (Lipinski definition) is 2. The van der Waals surface area contributed by atoms with Crippen LogP contribution in [0, 0.1) is 0 Å². The molecular weight excluding hydrogens is 172 g/mol. The molecule has 0 unspecified atom stereocenters. The van der Waals surface area contributed by atoms with Gasteiger partial charge in [0.2, 0.25) is 0 Å². The fraction of sp³-hybridized carbons (Fsp3) is 0.500. The Hall–Kier alpha value is -1.02. The summed E-state index contributed by atoms with van der Waals surface area (Å²) in [6, 6.07) is 0. The molecule has 0 saturated heterocycles. The SMILES string of the molecule is C=C(C)/C=C\C(=C)N(C)CCN(C)C. The van der Waals surface area contributed by atoms with Gasteiger partial charge < -0.3 is 9.80 Å². The predicted octanol–water partition coefficient (Wildman–Crippen LogP) is 2.13. The van der Waals surface area contributed by atoms with E-state index in [0.29, 0.717) is 0 Å². The molecule has 0 aromatic heterocycles. The Morgan fingerprint density at radius 2 is 1.64 bits per heavy atom. The fourth-order valence-electron chi connectivity index (χ4n) is 0.859. The molecule has 0 atom stereocenters. The summed E-state index contributed by atoms with van der Waals surface area (Å²) in [4.78, 5) is 4.30. The van der Waals surface area contributed by atoms with E-state index in [0.717, 1.165) is 24.4 Å². The van der Waals surface area contributed by atoms with Crippen molar-refractivity contribution in [2.24, 2.45) is 0 Å². The summed E-state index contributed by atoms with van der Waals surface area (Å²) in [5.41, 5.74) is 2.07. The van der Waals surface area contributed by atoms with Crippen LogP contribution in [0.5, 0.6) is 0 Å². The molecule has 2 heteroatoms. The van der Waals surface area contributed by atoms with E-state index >= 15 is 0 Å². The van der Waals surface area contributed by atoms with E-state index in [1.165, 1.54) is 0 Å². The van der Waals surface area contributed by atoms with Gasteiger partial charge in [-0.1, -0.05) is 24.8 Å². The van der Waals surface area contributed by atoms with Gasteiger partial charge in [0.15, 0.2) is 0 Å². The Balaban J connectivity index is 3.93. The van der Waals surface area contributed by atoms with Crippen molar-refractivity contribution in [1.82, 2.24) is 9.80 Å². The molecule has 0 aromatic carbocycles. The molecular formula is C12H22N2. The van der Waals surface area contributed by atoms with Crippen LogP contribution in [-0.2, 0) is 0 Å². The lowest BCUT2D eigenvalue weighted by molar-refractivity contribution is 0.331. The maximum Gasteiger partial charge on any atom is 0.0302 e. The first-order chi connectivity index (χ1) is 6.43. The number of hydrogen-bond donors (Lipinski definition) is 0. The van der Waals surface area contributed by atoms with Crippen molar-refractivity contribution in [2.45, 2.75) is 6.92 Å². The van der Waals surface area contributed by atoms with E-state index in [2.05, 4.69) is 44.1 Å². The molecule has 0 aliphatic rings. The summed E-state index contributed by atoms with van der Waals surface area (Å²) in [5, 5.41) is 0. The van der Waals surface area contributed by atoms with Gasteiger partial charge in [-0.2, -0.15) is 0 Å². The van der Waals surface area contributed by atoms with Crippen LogP contribution in [0.4, 0.5) is 0 Å². The Morgan fingerprint density at radius 1 is 1.07 bits per heavy atom. The third-order valence-electron chi connectivity index (χ3n) is 1.93. The Morgan fingerprint density at radius 3 is 2.07 bits per heavy atom. The van der Waals surface area contributed by atoms with E-state index in [1.807, 2.05) is 19.1 Å². The molecule has 0 bridgehead atoms. The lowest BCUT2D eigenvalue weighted by atomic mass is 10.3. The highest BCUT2D eigenvalue weighted by Crippen LogP contribution is 2.02. The van der Waals surface area contributed by atoms with Crippen LogP contribution in [0.3, 0.4) is 0 Å². The van der Waals surface area contributed by atoms with Gasteiger partial charge in [0.05, 0.1) is 0 Å². The second-order valence-electron chi connectivity index (χ2n) is 3.90. The molecule has 14 heavy (non-hydrogen) atoms. The highest BCUT2D eigenvalue weighted by molar-refractivity contribution is 5.21. The molecule has 80 valence electrons.